The number of fused-ring (bicyclic) bond motifs is 2. The molecular formula is C53H75N6O16S3+3. The average Bonchev–Trinajstić information content (AvgIpc) is 3.67. The van der Waals surface area contributed by atoms with Crippen LogP contribution in [0.2, 0.25) is 0 Å². The number of rotatable bonds is 32. The van der Waals surface area contributed by atoms with E-state index in [9.17, 15) is 58.6 Å². The number of nitrogens with one attached hydrogen (secondary N) is 2. The maximum Gasteiger partial charge on any atom is 0.345 e. The zero-order valence-electron chi connectivity index (χ0n) is 45.2. The fraction of sp³-hybridized carbons (Fsp3) is 0.528. The van der Waals surface area contributed by atoms with E-state index in [1.807, 2.05) is 74.2 Å². The molecule has 0 bridgehead atoms. The third-order valence-corrected chi connectivity index (χ3v) is 17.1. The van der Waals surface area contributed by atoms with Gasteiger partial charge < -0.3 is 29.2 Å². The Morgan fingerprint density at radius 1 is 0.641 bits per heavy atom. The first-order valence-corrected chi connectivity index (χ1v) is 31.1. The van der Waals surface area contributed by atoms with Crippen LogP contribution in [-0.2, 0) is 60.6 Å². The van der Waals surface area contributed by atoms with E-state index in [0.717, 1.165) is 0 Å². The summed E-state index contributed by atoms with van der Waals surface area (Å²) in [5, 5.41) is 7.41. The zero-order valence-corrected chi connectivity index (χ0v) is 47.6. The van der Waals surface area contributed by atoms with Crippen molar-refractivity contribution >= 4 is 87.4 Å². The van der Waals surface area contributed by atoms with Crippen molar-refractivity contribution in [2.24, 2.45) is 0 Å². The first-order chi connectivity index (χ1) is 36.6. The number of benzene rings is 3. The molecule has 22 nitrogen and oxygen atoms in total. The standard InChI is InChI=1S/C53H72N6O16S3/c1-39-37-41(52(64)55-26-12-31-59(5,32-16-36-78(71,72)73)30-11-25-54-46(60)21-10-22-49(63)75-57-47(61)23-24-48(57)62)38-40(2)51(39)74-53(65)50-42-17-6-8-19-44(42)56(45-20-9-7-18-43(45)50)27-13-33-76(66,67)34-14-28-58(3,4)29-15-35-77(68,69)70/h6-9,17-20,37-38H,10-16,21-36H2,1-5H3,(H-3,54,55,60,64,68,69,70,71,72,73)/p+3. The van der Waals surface area contributed by atoms with Crippen molar-refractivity contribution in [3.63, 3.8) is 0 Å². The Morgan fingerprint density at radius 3 is 1.68 bits per heavy atom. The van der Waals surface area contributed by atoms with E-state index >= 15 is 0 Å². The summed E-state index contributed by atoms with van der Waals surface area (Å²) in [6, 6.07) is 17.9. The Balaban J connectivity index is 1.15. The lowest BCUT2D eigenvalue weighted by atomic mass is 10.0. The van der Waals surface area contributed by atoms with Gasteiger partial charge in [0.05, 0.1) is 93.2 Å². The van der Waals surface area contributed by atoms with Gasteiger partial charge in [0.2, 0.25) is 16.9 Å². The number of hydrogen-bond donors (Lipinski definition) is 4. The molecule has 1 aliphatic heterocycles. The van der Waals surface area contributed by atoms with Gasteiger partial charge in [0.1, 0.15) is 5.75 Å². The second kappa shape index (κ2) is 27.8. The van der Waals surface area contributed by atoms with Crippen molar-refractivity contribution in [3.8, 4) is 5.75 Å². The van der Waals surface area contributed by atoms with Crippen LogP contribution in [0.1, 0.15) is 102 Å². The molecule has 2 heterocycles. The van der Waals surface area contributed by atoms with Crippen LogP contribution in [0.4, 0.5) is 0 Å². The maximum atomic E-state index is 14.4. The molecule has 0 saturated carbocycles. The SMILES string of the molecule is Cc1cc(C(=O)NCCC[N+](C)(CCCNC(=O)CCCC(=O)ON2C(=O)CCC2=O)CCCS(=O)(=O)O)cc(C)c1OC(=O)c1c2ccccc2[n+](CCCS(=O)(=O)CCC[N+](C)(C)CCCS(=O)(=O)O)c2ccccc12. The van der Waals surface area contributed by atoms with Crippen molar-refractivity contribution in [2.45, 2.75) is 91.0 Å². The summed E-state index contributed by atoms with van der Waals surface area (Å²) in [7, 11) is -6.00. The topological polar surface area (TPSA) is 295 Å². The van der Waals surface area contributed by atoms with Gasteiger partial charge in [0.15, 0.2) is 16.4 Å². The van der Waals surface area contributed by atoms with Gasteiger partial charge in [-0.05, 0) is 55.7 Å². The lowest BCUT2D eigenvalue weighted by Gasteiger charge is -2.35. The van der Waals surface area contributed by atoms with Crippen molar-refractivity contribution in [2.75, 3.05) is 90.0 Å². The third kappa shape index (κ3) is 19.7. The molecular weight excluding hydrogens is 1070 g/mol. The number of amides is 4. The lowest BCUT2D eigenvalue weighted by Crippen LogP contribution is -2.48. The van der Waals surface area contributed by atoms with Crippen LogP contribution in [0.3, 0.4) is 0 Å². The van der Waals surface area contributed by atoms with E-state index in [1.165, 1.54) is 0 Å². The molecule has 1 aromatic heterocycles. The van der Waals surface area contributed by atoms with E-state index in [-0.39, 0.29) is 86.3 Å². The number of carbonyl (C=O) groups is 6. The number of para-hydroxylation sites is 2. The van der Waals surface area contributed by atoms with Crippen molar-refractivity contribution in [1.82, 2.24) is 15.7 Å². The Kier molecular flexibility index (Phi) is 22.4. The normalized spacial score (nSPS) is 14.2. The Labute approximate surface area is 457 Å². The van der Waals surface area contributed by atoms with E-state index < -0.39 is 59.6 Å². The molecule has 5 rings (SSSR count). The second-order valence-electron chi connectivity index (χ2n) is 20.9. The molecule has 1 unspecified atom stereocenters. The monoisotopic (exact) mass is 1150 g/mol. The van der Waals surface area contributed by atoms with Crippen LogP contribution in [0, 0.1) is 13.8 Å². The van der Waals surface area contributed by atoms with E-state index in [2.05, 4.69) is 10.6 Å². The molecule has 0 radical (unpaired) electrons. The van der Waals surface area contributed by atoms with Crippen molar-refractivity contribution in [3.05, 3.63) is 82.9 Å². The molecule has 0 aliphatic carbocycles. The number of nitrogens with zero attached hydrogens (tertiary/aromatic N) is 4. The number of imide groups is 1. The average molecular weight is 1150 g/mol. The highest BCUT2D eigenvalue weighted by atomic mass is 32.2. The molecule has 1 aliphatic rings. The Hall–Kier alpha value is -5.96. The van der Waals surface area contributed by atoms with Gasteiger partial charge in [0, 0.05) is 95.0 Å². The summed E-state index contributed by atoms with van der Waals surface area (Å²) < 4.78 is 99.1. The molecule has 25 heteroatoms. The number of ether oxygens (including phenoxy) is 1. The number of quaternary nitrogens is 2. The number of esters is 1. The minimum Gasteiger partial charge on any atom is -0.422 e. The quantitative estimate of drug-likeness (QED) is 0.00790. The van der Waals surface area contributed by atoms with E-state index in [4.69, 9.17) is 14.1 Å². The largest absolute Gasteiger partial charge is 0.422 e. The summed E-state index contributed by atoms with van der Waals surface area (Å²) >= 11 is 0. The van der Waals surface area contributed by atoms with Crippen LogP contribution < -0.4 is 19.9 Å². The number of pyridine rings is 1. The molecule has 1 atom stereocenters. The van der Waals surface area contributed by atoms with Crippen LogP contribution in [-0.4, -0.2) is 174 Å². The number of sulfone groups is 1. The molecule has 1 saturated heterocycles. The van der Waals surface area contributed by atoms with Gasteiger partial charge in [-0.1, -0.05) is 24.3 Å². The van der Waals surface area contributed by atoms with Crippen LogP contribution >= 0.6 is 0 Å². The molecule has 1 fully saturated rings. The zero-order chi connectivity index (χ0) is 57.5. The maximum absolute atomic E-state index is 14.4. The number of aryl methyl sites for hydroxylation is 3. The van der Waals surface area contributed by atoms with Crippen molar-refractivity contribution in [1.29, 1.82) is 0 Å². The smallest absolute Gasteiger partial charge is 0.345 e. The fourth-order valence-electron chi connectivity index (χ4n) is 9.71. The van der Waals surface area contributed by atoms with Crippen LogP contribution in [0.5, 0.6) is 5.75 Å². The van der Waals surface area contributed by atoms with Crippen LogP contribution in [0.15, 0.2) is 60.7 Å². The summed E-state index contributed by atoms with van der Waals surface area (Å²) in [6.45, 7) is 6.80. The predicted octanol–water partition coefficient (Wildman–Crippen LogP) is 3.79. The molecule has 4 N–H and O–H groups in total. The Bertz CT molecular complexity index is 3110. The lowest BCUT2D eigenvalue weighted by molar-refractivity contribution is -0.909. The summed E-state index contributed by atoms with van der Waals surface area (Å²) in [5.41, 5.74) is 3.16. The van der Waals surface area contributed by atoms with E-state index in [0.29, 0.717) is 130 Å². The highest BCUT2D eigenvalue weighted by Crippen LogP contribution is 2.30. The highest BCUT2D eigenvalue weighted by molar-refractivity contribution is 7.91. The first-order valence-electron chi connectivity index (χ1n) is 26.1. The minimum atomic E-state index is -4.19. The Morgan fingerprint density at radius 2 is 1.13 bits per heavy atom. The summed E-state index contributed by atoms with van der Waals surface area (Å²) in [6.07, 6.45) is 2.07. The molecule has 78 heavy (non-hydrogen) atoms. The van der Waals surface area contributed by atoms with Gasteiger partial charge in [0.25, 0.3) is 38.0 Å². The molecule has 4 amide bonds. The first kappa shape index (κ1) is 62.9. The number of carbonyl (C=O) groups excluding carboxylic acids is 6. The van der Waals surface area contributed by atoms with Gasteiger partial charge in [-0.25, -0.2) is 18.0 Å². The molecule has 0 spiro atoms. The van der Waals surface area contributed by atoms with Crippen LogP contribution in [0.25, 0.3) is 21.8 Å². The van der Waals surface area contributed by atoms with Gasteiger partial charge in [-0.2, -0.15) is 21.4 Å². The fourth-order valence-corrected chi connectivity index (χ4v) is 12.0. The number of aromatic nitrogens is 1. The highest BCUT2D eigenvalue weighted by Gasteiger charge is 2.33. The minimum absolute atomic E-state index is 0.00694. The predicted molar refractivity (Wildman–Crippen MR) is 291 cm³/mol. The second-order valence-corrected chi connectivity index (χ2v) is 26.4. The van der Waals surface area contributed by atoms with E-state index in [1.54, 1.807) is 26.0 Å². The molecule has 3 aromatic carbocycles. The molecule has 428 valence electrons. The molecule has 4 aromatic rings. The van der Waals surface area contributed by atoms with Gasteiger partial charge in [-0.3, -0.25) is 28.3 Å². The van der Waals surface area contributed by atoms with Crippen molar-refractivity contribution < 1.29 is 86.2 Å². The summed E-state index contributed by atoms with van der Waals surface area (Å²) in [4.78, 5) is 80.6. The third-order valence-electron chi connectivity index (χ3n) is 13.7. The number of hydrogen-bond acceptors (Lipinski definition) is 14. The number of hydroxylamine groups is 2. The van der Waals surface area contributed by atoms with Gasteiger partial charge >= 0.3 is 11.9 Å². The summed E-state index contributed by atoms with van der Waals surface area (Å²) in [5.74, 6) is -3.84. The van der Waals surface area contributed by atoms with Gasteiger partial charge in [-0.15, -0.1) is 5.06 Å².